The molecule has 0 heterocycles. The lowest BCUT2D eigenvalue weighted by Gasteiger charge is -2.24. The monoisotopic (exact) mass is 323 g/mol. The van der Waals surface area contributed by atoms with E-state index < -0.39 is 27.3 Å². The maximum atomic E-state index is 14.1. The number of nitrogens with zero attached hydrogens (tertiary/aromatic N) is 1. The van der Waals surface area contributed by atoms with Gasteiger partial charge in [-0.25, -0.2) is 12.8 Å². The molecule has 0 bridgehead atoms. The first-order valence-electron chi connectivity index (χ1n) is 6.32. The van der Waals surface area contributed by atoms with Crippen LogP contribution >= 0.6 is 11.6 Å². The highest BCUT2D eigenvalue weighted by molar-refractivity contribution is 7.89. The molecule has 1 aromatic carbocycles. The molecular weight excluding hydrogens is 305 g/mol. The molecule has 1 N–H and O–H groups in total. The summed E-state index contributed by atoms with van der Waals surface area (Å²) in [5, 5.41) is 9.13. The van der Waals surface area contributed by atoms with E-state index in [4.69, 9.17) is 16.7 Å². The van der Waals surface area contributed by atoms with Crippen molar-refractivity contribution >= 4 is 21.6 Å². The minimum Gasteiger partial charge on any atom is -0.392 e. The van der Waals surface area contributed by atoms with Crippen molar-refractivity contribution in [3.05, 3.63) is 28.5 Å². The molecule has 0 amide bonds. The van der Waals surface area contributed by atoms with Gasteiger partial charge >= 0.3 is 0 Å². The summed E-state index contributed by atoms with van der Waals surface area (Å²) in [4.78, 5) is -0.500. The molecule has 0 saturated carbocycles. The molecule has 0 fully saturated rings. The van der Waals surface area contributed by atoms with Crippen LogP contribution in [0.1, 0.15) is 32.3 Å². The molecule has 0 aromatic heterocycles. The molecule has 114 valence electrons. The topological polar surface area (TPSA) is 57.6 Å². The molecule has 1 atom stereocenters. The average Bonchev–Trinajstić information content (AvgIpc) is 2.40. The molecule has 0 aliphatic carbocycles. The van der Waals surface area contributed by atoms with Crippen molar-refractivity contribution in [1.82, 2.24) is 4.31 Å². The second-order valence-corrected chi connectivity index (χ2v) is 7.10. The zero-order valence-electron chi connectivity index (χ0n) is 11.7. The van der Waals surface area contributed by atoms with Crippen LogP contribution in [-0.2, 0) is 16.6 Å². The number of aliphatic hydroxyl groups is 1. The summed E-state index contributed by atoms with van der Waals surface area (Å²) >= 11 is 5.79. The van der Waals surface area contributed by atoms with Crippen LogP contribution in [0.2, 0.25) is 5.02 Å². The average molecular weight is 324 g/mol. The van der Waals surface area contributed by atoms with Crippen LogP contribution in [0.3, 0.4) is 0 Å². The van der Waals surface area contributed by atoms with Crippen molar-refractivity contribution < 1.29 is 17.9 Å². The van der Waals surface area contributed by atoms with Gasteiger partial charge in [-0.1, -0.05) is 24.9 Å². The van der Waals surface area contributed by atoms with E-state index in [1.807, 2.05) is 6.92 Å². The van der Waals surface area contributed by atoms with E-state index in [9.17, 15) is 12.8 Å². The van der Waals surface area contributed by atoms with Crippen LogP contribution in [-0.4, -0.2) is 30.9 Å². The predicted molar refractivity (Wildman–Crippen MR) is 76.7 cm³/mol. The van der Waals surface area contributed by atoms with Crippen LogP contribution in [0.25, 0.3) is 0 Å². The second-order valence-electron chi connectivity index (χ2n) is 4.69. The van der Waals surface area contributed by atoms with Gasteiger partial charge in [0.2, 0.25) is 10.0 Å². The van der Waals surface area contributed by atoms with Gasteiger partial charge in [-0.15, -0.1) is 0 Å². The summed E-state index contributed by atoms with van der Waals surface area (Å²) in [5.41, 5.74) is -0.132. The molecule has 1 aromatic rings. The van der Waals surface area contributed by atoms with Gasteiger partial charge in [-0.3, -0.25) is 0 Å². The van der Waals surface area contributed by atoms with Crippen LogP contribution in [0.4, 0.5) is 4.39 Å². The number of hydrogen-bond acceptors (Lipinski definition) is 3. The van der Waals surface area contributed by atoms with E-state index in [1.165, 1.54) is 13.1 Å². The third kappa shape index (κ3) is 3.49. The fourth-order valence-corrected chi connectivity index (χ4v) is 3.74. The van der Waals surface area contributed by atoms with Gasteiger partial charge in [-0.05, 0) is 25.5 Å². The zero-order valence-corrected chi connectivity index (χ0v) is 13.3. The molecule has 4 nitrogen and oxygen atoms in total. The van der Waals surface area contributed by atoms with Crippen molar-refractivity contribution in [2.45, 2.75) is 44.2 Å². The van der Waals surface area contributed by atoms with E-state index in [0.717, 1.165) is 16.8 Å². The molecule has 0 saturated heterocycles. The Kier molecular flexibility index (Phi) is 5.94. The number of rotatable bonds is 6. The van der Waals surface area contributed by atoms with Gasteiger partial charge in [0.25, 0.3) is 0 Å². The highest BCUT2D eigenvalue weighted by Gasteiger charge is 2.29. The van der Waals surface area contributed by atoms with Gasteiger partial charge in [0.1, 0.15) is 10.7 Å². The fraction of sp³-hybridized carbons (Fsp3) is 0.538. The maximum Gasteiger partial charge on any atom is 0.246 e. The third-order valence-corrected chi connectivity index (χ3v) is 5.42. The molecule has 1 rings (SSSR count). The van der Waals surface area contributed by atoms with Gasteiger partial charge < -0.3 is 5.11 Å². The first-order chi connectivity index (χ1) is 9.25. The molecule has 20 heavy (non-hydrogen) atoms. The lowest BCUT2D eigenvalue weighted by Crippen LogP contribution is -2.35. The number of benzene rings is 1. The predicted octanol–water partition coefficient (Wildman–Crippen LogP) is 2.78. The van der Waals surface area contributed by atoms with Crippen molar-refractivity contribution in [2.75, 3.05) is 7.05 Å². The smallest absolute Gasteiger partial charge is 0.246 e. The number of aliphatic hydroxyl groups excluding tert-OH is 1. The van der Waals surface area contributed by atoms with Crippen molar-refractivity contribution in [3.63, 3.8) is 0 Å². The highest BCUT2D eigenvalue weighted by Crippen LogP contribution is 2.27. The van der Waals surface area contributed by atoms with Crippen molar-refractivity contribution in [1.29, 1.82) is 0 Å². The number of sulfonamides is 1. The first kappa shape index (κ1) is 17.4. The van der Waals surface area contributed by atoms with Crippen molar-refractivity contribution in [2.24, 2.45) is 0 Å². The Morgan fingerprint density at radius 1 is 1.45 bits per heavy atom. The molecule has 0 radical (unpaired) electrons. The summed E-state index contributed by atoms with van der Waals surface area (Å²) in [5.74, 6) is -0.951. The summed E-state index contributed by atoms with van der Waals surface area (Å²) in [7, 11) is -2.57. The summed E-state index contributed by atoms with van der Waals surface area (Å²) in [6.45, 7) is 3.10. The van der Waals surface area contributed by atoms with E-state index in [0.29, 0.717) is 6.42 Å². The molecule has 0 spiro atoms. The molecule has 0 aliphatic rings. The Hall–Kier alpha value is -0.690. The second kappa shape index (κ2) is 6.85. The Morgan fingerprint density at radius 3 is 2.55 bits per heavy atom. The minimum absolute atomic E-state index is 0.0746. The first-order valence-corrected chi connectivity index (χ1v) is 8.14. The molecule has 0 aliphatic heterocycles. The van der Waals surface area contributed by atoms with Crippen molar-refractivity contribution in [3.8, 4) is 0 Å². The third-order valence-electron chi connectivity index (χ3n) is 3.23. The number of halogens is 2. The standard InChI is InChI=1S/C13H19ClFNO3S/c1-4-5-9(2)16(3)20(18,19)12-7-11(14)6-10(8-17)13(12)15/h6-7,9,17H,4-5,8H2,1-3H3. The SMILES string of the molecule is CCCC(C)N(C)S(=O)(=O)c1cc(Cl)cc(CO)c1F. The van der Waals surface area contributed by atoms with E-state index >= 15 is 0 Å². The molecule has 7 heteroatoms. The molecule has 1 unspecified atom stereocenters. The van der Waals surface area contributed by atoms with E-state index in [2.05, 4.69) is 0 Å². The maximum absolute atomic E-state index is 14.1. The largest absolute Gasteiger partial charge is 0.392 e. The van der Waals surface area contributed by atoms with E-state index in [-0.39, 0.29) is 16.6 Å². The highest BCUT2D eigenvalue weighted by atomic mass is 35.5. The van der Waals surface area contributed by atoms with Gasteiger partial charge in [-0.2, -0.15) is 4.31 Å². The Labute approximate surface area is 124 Å². The van der Waals surface area contributed by atoms with Crippen LogP contribution in [0.5, 0.6) is 0 Å². The summed E-state index contributed by atoms with van der Waals surface area (Å²) in [6.07, 6.45) is 1.49. The van der Waals surface area contributed by atoms with Gasteiger partial charge in [0.15, 0.2) is 0 Å². The summed E-state index contributed by atoms with van der Waals surface area (Å²) < 4.78 is 40.1. The van der Waals surface area contributed by atoms with E-state index in [1.54, 1.807) is 6.92 Å². The van der Waals surface area contributed by atoms with Gasteiger partial charge in [0, 0.05) is 23.7 Å². The van der Waals surface area contributed by atoms with Crippen LogP contribution < -0.4 is 0 Å². The van der Waals surface area contributed by atoms with Crippen LogP contribution in [0, 0.1) is 5.82 Å². The Balaban J connectivity index is 3.32. The minimum atomic E-state index is -3.98. The fourth-order valence-electron chi connectivity index (χ4n) is 1.91. The van der Waals surface area contributed by atoms with Gasteiger partial charge in [0.05, 0.1) is 6.61 Å². The van der Waals surface area contributed by atoms with Crippen LogP contribution in [0.15, 0.2) is 17.0 Å². The zero-order chi connectivity index (χ0) is 15.5. The normalized spacial score (nSPS) is 13.8. The quantitative estimate of drug-likeness (QED) is 0.875. The Morgan fingerprint density at radius 2 is 2.05 bits per heavy atom. The summed E-state index contributed by atoms with van der Waals surface area (Å²) in [6, 6.07) is 2.03. The number of hydrogen-bond donors (Lipinski definition) is 1. The Bertz CT molecular complexity index is 577. The lowest BCUT2D eigenvalue weighted by molar-refractivity contribution is 0.274. The lowest BCUT2D eigenvalue weighted by atomic mass is 10.2. The molecular formula is C13H19ClFNO3S.